The lowest BCUT2D eigenvalue weighted by Gasteiger charge is -2.13. The Bertz CT molecular complexity index is 797. The van der Waals surface area contributed by atoms with Crippen molar-refractivity contribution in [3.63, 3.8) is 0 Å². The standard InChI is InChI=1S/C23H35N5O2/c1-4-24-23(25-13-9-14-29-17-21-12-8-15-30-21)26-16-22-18(2)27-28(19(22)3)20-10-6-5-7-11-20/h5-7,10-11,21H,4,8-9,12-17H2,1-3H3,(H2,24,25,26). The molecule has 30 heavy (non-hydrogen) atoms. The number of aliphatic imine (C=N–C) groups is 1. The molecule has 2 N–H and O–H groups in total. The maximum absolute atomic E-state index is 5.73. The summed E-state index contributed by atoms with van der Waals surface area (Å²) in [6.45, 7) is 10.8. The Balaban J connectivity index is 1.50. The summed E-state index contributed by atoms with van der Waals surface area (Å²) in [7, 11) is 0. The van der Waals surface area contributed by atoms with E-state index in [9.17, 15) is 0 Å². The molecular formula is C23H35N5O2. The van der Waals surface area contributed by atoms with Crippen LogP contribution in [-0.4, -0.2) is 54.8 Å². The molecule has 1 saturated heterocycles. The molecule has 0 radical (unpaired) electrons. The summed E-state index contributed by atoms with van der Waals surface area (Å²) in [5, 5.41) is 11.4. The lowest BCUT2D eigenvalue weighted by molar-refractivity contribution is 0.0168. The number of guanidine groups is 1. The number of para-hydroxylation sites is 1. The van der Waals surface area contributed by atoms with Gasteiger partial charge in [-0.3, -0.25) is 0 Å². The summed E-state index contributed by atoms with van der Waals surface area (Å²) in [6, 6.07) is 10.2. The van der Waals surface area contributed by atoms with Crippen molar-refractivity contribution in [3.8, 4) is 5.69 Å². The number of ether oxygens (including phenoxy) is 2. The second-order valence-corrected chi connectivity index (χ2v) is 7.58. The summed E-state index contributed by atoms with van der Waals surface area (Å²) >= 11 is 0. The maximum Gasteiger partial charge on any atom is 0.191 e. The van der Waals surface area contributed by atoms with Gasteiger partial charge in [0.2, 0.25) is 0 Å². The van der Waals surface area contributed by atoms with E-state index >= 15 is 0 Å². The summed E-state index contributed by atoms with van der Waals surface area (Å²) in [6.07, 6.45) is 3.50. The molecule has 3 rings (SSSR count). The molecule has 7 heteroatoms. The fourth-order valence-electron chi connectivity index (χ4n) is 3.60. The zero-order chi connectivity index (χ0) is 21.2. The third-order valence-corrected chi connectivity index (χ3v) is 5.27. The molecule has 1 aromatic heterocycles. The van der Waals surface area contributed by atoms with Crippen LogP contribution in [0, 0.1) is 13.8 Å². The van der Waals surface area contributed by atoms with Gasteiger partial charge in [-0.25, -0.2) is 9.67 Å². The first-order valence-corrected chi connectivity index (χ1v) is 11.0. The van der Waals surface area contributed by atoms with E-state index in [1.165, 1.54) is 0 Å². The van der Waals surface area contributed by atoms with Crippen LogP contribution in [0.4, 0.5) is 0 Å². The number of nitrogens with zero attached hydrogens (tertiary/aromatic N) is 3. The highest BCUT2D eigenvalue weighted by Crippen LogP contribution is 2.18. The molecule has 7 nitrogen and oxygen atoms in total. The second kappa shape index (κ2) is 11.7. The molecule has 0 aliphatic carbocycles. The third kappa shape index (κ3) is 6.31. The van der Waals surface area contributed by atoms with E-state index in [-0.39, 0.29) is 0 Å². The zero-order valence-electron chi connectivity index (χ0n) is 18.5. The summed E-state index contributed by atoms with van der Waals surface area (Å²) in [5.41, 5.74) is 4.37. The van der Waals surface area contributed by atoms with Crippen LogP contribution in [-0.2, 0) is 16.0 Å². The number of hydrogen-bond acceptors (Lipinski definition) is 4. The molecule has 1 aromatic carbocycles. The van der Waals surface area contributed by atoms with Gasteiger partial charge in [0.1, 0.15) is 0 Å². The average Bonchev–Trinajstić information content (AvgIpc) is 3.37. The number of hydrogen-bond donors (Lipinski definition) is 2. The monoisotopic (exact) mass is 413 g/mol. The van der Waals surface area contributed by atoms with Crippen LogP contribution < -0.4 is 10.6 Å². The number of rotatable bonds is 10. The molecule has 1 unspecified atom stereocenters. The largest absolute Gasteiger partial charge is 0.379 e. The van der Waals surface area contributed by atoms with E-state index in [4.69, 9.17) is 19.6 Å². The quantitative estimate of drug-likeness (QED) is 0.356. The Hall–Kier alpha value is -2.38. The highest BCUT2D eigenvalue weighted by molar-refractivity contribution is 5.79. The van der Waals surface area contributed by atoms with E-state index in [2.05, 4.69) is 36.6 Å². The number of benzene rings is 1. The molecule has 1 aliphatic heterocycles. The van der Waals surface area contributed by atoms with Crippen molar-refractivity contribution in [1.29, 1.82) is 0 Å². The van der Waals surface area contributed by atoms with Gasteiger partial charge < -0.3 is 20.1 Å². The van der Waals surface area contributed by atoms with Crippen molar-refractivity contribution < 1.29 is 9.47 Å². The van der Waals surface area contributed by atoms with E-state index < -0.39 is 0 Å². The number of aryl methyl sites for hydroxylation is 1. The van der Waals surface area contributed by atoms with Crippen LogP contribution in [0.2, 0.25) is 0 Å². The van der Waals surface area contributed by atoms with Gasteiger partial charge in [-0.1, -0.05) is 18.2 Å². The van der Waals surface area contributed by atoms with E-state index in [1.807, 2.05) is 29.8 Å². The predicted molar refractivity (Wildman–Crippen MR) is 120 cm³/mol. The Morgan fingerprint density at radius 2 is 2.10 bits per heavy atom. The van der Waals surface area contributed by atoms with Crippen molar-refractivity contribution in [1.82, 2.24) is 20.4 Å². The Morgan fingerprint density at radius 3 is 2.83 bits per heavy atom. The van der Waals surface area contributed by atoms with Gasteiger partial charge in [-0.05, 0) is 52.2 Å². The molecule has 0 bridgehead atoms. The van der Waals surface area contributed by atoms with Gasteiger partial charge in [0, 0.05) is 37.6 Å². The maximum atomic E-state index is 5.73. The topological polar surface area (TPSA) is 72.7 Å². The van der Waals surface area contributed by atoms with Crippen molar-refractivity contribution in [2.24, 2.45) is 4.99 Å². The van der Waals surface area contributed by atoms with Crippen LogP contribution in [0.15, 0.2) is 35.3 Å². The highest BCUT2D eigenvalue weighted by atomic mass is 16.5. The van der Waals surface area contributed by atoms with Crippen LogP contribution in [0.3, 0.4) is 0 Å². The Kier molecular flexibility index (Phi) is 8.71. The van der Waals surface area contributed by atoms with Crippen LogP contribution in [0.1, 0.15) is 43.1 Å². The van der Waals surface area contributed by atoms with Gasteiger partial charge in [-0.15, -0.1) is 0 Å². The molecule has 2 aromatic rings. The first-order chi connectivity index (χ1) is 14.7. The molecule has 0 saturated carbocycles. The predicted octanol–water partition coefficient (Wildman–Crippen LogP) is 3.13. The summed E-state index contributed by atoms with van der Waals surface area (Å²) in [4.78, 5) is 4.77. The molecule has 1 aliphatic rings. The first-order valence-electron chi connectivity index (χ1n) is 11.0. The smallest absolute Gasteiger partial charge is 0.191 e. The van der Waals surface area contributed by atoms with Crippen molar-refractivity contribution >= 4 is 5.96 Å². The van der Waals surface area contributed by atoms with E-state index in [0.717, 1.165) is 74.2 Å². The minimum Gasteiger partial charge on any atom is -0.379 e. The SMILES string of the molecule is CCNC(=NCc1c(C)nn(-c2ccccc2)c1C)NCCCOCC1CCCO1. The Morgan fingerprint density at radius 1 is 1.27 bits per heavy atom. The van der Waals surface area contributed by atoms with Crippen molar-refractivity contribution in [2.45, 2.75) is 52.7 Å². The van der Waals surface area contributed by atoms with Crippen molar-refractivity contribution in [3.05, 3.63) is 47.3 Å². The highest BCUT2D eigenvalue weighted by Gasteiger charge is 2.15. The normalized spacial score (nSPS) is 16.8. The van der Waals surface area contributed by atoms with Crippen molar-refractivity contribution in [2.75, 3.05) is 32.9 Å². The summed E-state index contributed by atoms with van der Waals surface area (Å²) < 4.78 is 13.3. The van der Waals surface area contributed by atoms with Crippen LogP contribution in [0.25, 0.3) is 5.69 Å². The van der Waals surface area contributed by atoms with Gasteiger partial charge in [-0.2, -0.15) is 5.10 Å². The van der Waals surface area contributed by atoms with Gasteiger partial charge in [0.15, 0.2) is 5.96 Å². The van der Waals surface area contributed by atoms with Gasteiger partial charge in [0.05, 0.1) is 30.6 Å². The third-order valence-electron chi connectivity index (χ3n) is 5.27. The molecule has 164 valence electrons. The zero-order valence-corrected chi connectivity index (χ0v) is 18.5. The minimum absolute atomic E-state index is 0.292. The first kappa shape index (κ1) is 22.3. The Labute approximate surface area is 179 Å². The van der Waals surface area contributed by atoms with Crippen LogP contribution >= 0.6 is 0 Å². The molecule has 0 amide bonds. The fraction of sp³-hybridized carbons (Fsp3) is 0.565. The second-order valence-electron chi connectivity index (χ2n) is 7.58. The van der Waals surface area contributed by atoms with E-state index in [1.54, 1.807) is 0 Å². The molecular weight excluding hydrogens is 378 g/mol. The molecule has 2 heterocycles. The van der Waals surface area contributed by atoms with Gasteiger partial charge in [0.25, 0.3) is 0 Å². The average molecular weight is 414 g/mol. The molecule has 0 spiro atoms. The lowest BCUT2D eigenvalue weighted by Crippen LogP contribution is -2.38. The number of aromatic nitrogens is 2. The number of nitrogens with one attached hydrogen (secondary N) is 2. The van der Waals surface area contributed by atoms with Crippen LogP contribution in [0.5, 0.6) is 0 Å². The summed E-state index contributed by atoms with van der Waals surface area (Å²) in [5.74, 6) is 0.822. The van der Waals surface area contributed by atoms with Gasteiger partial charge >= 0.3 is 0 Å². The molecule has 1 fully saturated rings. The minimum atomic E-state index is 0.292. The van der Waals surface area contributed by atoms with E-state index in [0.29, 0.717) is 19.3 Å². The lowest BCUT2D eigenvalue weighted by atomic mass is 10.2. The molecule has 1 atom stereocenters. The fourth-order valence-corrected chi connectivity index (χ4v) is 3.60.